The van der Waals surface area contributed by atoms with E-state index in [-0.39, 0.29) is 17.5 Å². The molecule has 1 atom stereocenters. The smallest absolute Gasteiger partial charge is 0.311 e. The van der Waals surface area contributed by atoms with Crippen molar-refractivity contribution in [2.24, 2.45) is 5.73 Å². The van der Waals surface area contributed by atoms with E-state index in [9.17, 15) is 10.1 Å². The van der Waals surface area contributed by atoms with Gasteiger partial charge < -0.3 is 10.5 Å². The fourth-order valence-corrected chi connectivity index (χ4v) is 2.09. The Morgan fingerprint density at radius 1 is 1.24 bits per heavy atom. The summed E-state index contributed by atoms with van der Waals surface area (Å²) in [5, 5.41) is 11.4. The van der Waals surface area contributed by atoms with Crippen LogP contribution in [0.25, 0.3) is 0 Å². The molecule has 0 amide bonds. The monoisotopic (exact) mass is 306 g/mol. The van der Waals surface area contributed by atoms with Crippen LogP contribution in [0.5, 0.6) is 11.5 Å². The van der Waals surface area contributed by atoms with E-state index in [1.807, 2.05) is 6.92 Å². The Bertz CT molecular complexity index is 687. The van der Waals surface area contributed by atoms with Crippen molar-refractivity contribution in [1.29, 1.82) is 0 Å². The van der Waals surface area contributed by atoms with Crippen molar-refractivity contribution in [1.82, 2.24) is 0 Å². The van der Waals surface area contributed by atoms with E-state index >= 15 is 0 Å². The second kappa shape index (κ2) is 6.11. The van der Waals surface area contributed by atoms with Crippen molar-refractivity contribution in [2.75, 3.05) is 0 Å². The molecule has 0 heterocycles. The minimum atomic E-state index is -0.480. The quantitative estimate of drug-likeness (QED) is 0.672. The summed E-state index contributed by atoms with van der Waals surface area (Å²) in [6.07, 6.45) is 0. The van der Waals surface area contributed by atoms with Crippen LogP contribution in [0, 0.1) is 17.0 Å². The van der Waals surface area contributed by atoms with Crippen molar-refractivity contribution < 1.29 is 9.66 Å². The van der Waals surface area contributed by atoms with E-state index in [4.69, 9.17) is 22.1 Å². The van der Waals surface area contributed by atoms with Crippen molar-refractivity contribution in [2.45, 2.75) is 19.9 Å². The lowest BCUT2D eigenvalue weighted by Gasteiger charge is -2.11. The maximum atomic E-state index is 11.1. The highest BCUT2D eigenvalue weighted by Crippen LogP contribution is 2.36. The second-order valence-corrected chi connectivity index (χ2v) is 5.22. The van der Waals surface area contributed by atoms with Gasteiger partial charge in [0.2, 0.25) is 5.75 Å². The van der Waals surface area contributed by atoms with Crippen molar-refractivity contribution in [3.05, 3.63) is 62.7 Å². The minimum Gasteiger partial charge on any atom is -0.449 e. The Morgan fingerprint density at radius 2 is 1.90 bits per heavy atom. The molecule has 0 unspecified atom stereocenters. The molecule has 6 heteroatoms. The van der Waals surface area contributed by atoms with Gasteiger partial charge in [0.15, 0.2) is 0 Å². The number of nitrogens with zero attached hydrogens (tertiary/aromatic N) is 1. The van der Waals surface area contributed by atoms with Crippen LogP contribution in [-0.4, -0.2) is 4.92 Å². The summed E-state index contributed by atoms with van der Waals surface area (Å²) < 4.78 is 5.58. The fraction of sp³-hybridized carbons (Fsp3) is 0.200. The first-order valence-corrected chi connectivity index (χ1v) is 6.74. The Labute approximate surface area is 127 Å². The molecule has 2 rings (SSSR count). The molecular formula is C15H15ClN2O3. The first-order valence-electron chi connectivity index (χ1n) is 6.36. The van der Waals surface area contributed by atoms with Gasteiger partial charge in [0.1, 0.15) is 5.75 Å². The standard InChI is InChI=1S/C15H15ClN2O3/c1-9-3-5-15(13(7-9)18(19)20)21-14-6-4-11(10(2)17)8-12(14)16/h3-8,10H,17H2,1-2H3/t10-/m1/s1. The average Bonchev–Trinajstić information content (AvgIpc) is 2.42. The molecule has 0 bridgehead atoms. The maximum Gasteiger partial charge on any atom is 0.311 e. The van der Waals surface area contributed by atoms with Crippen molar-refractivity contribution in [3.63, 3.8) is 0 Å². The van der Waals surface area contributed by atoms with Crippen LogP contribution in [-0.2, 0) is 0 Å². The number of benzene rings is 2. The van der Waals surface area contributed by atoms with Crippen LogP contribution in [0.15, 0.2) is 36.4 Å². The van der Waals surface area contributed by atoms with Crippen molar-refractivity contribution in [3.8, 4) is 11.5 Å². The molecule has 2 aromatic rings. The number of nitro benzene ring substituents is 1. The third kappa shape index (κ3) is 3.51. The molecule has 2 aromatic carbocycles. The van der Waals surface area contributed by atoms with Gasteiger partial charge >= 0.3 is 5.69 Å². The third-order valence-electron chi connectivity index (χ3n) is 3.01. The van der Waals surface area contributed by atoms with E-state index in [0.29, 0.717) is 10.8 Å². The summed E-state index contributed by atoms with van der Waals surface area (Å²) in [6, 6.07) is 9.75. The Balaban J connectivity index is 2.37. The first-order chi connectivity index (χ1) is 9.88. The summed E-state index contributed by atoms with van der Waals surface area (Å²) in [6.45, 7) is 3.62. The maximum absolute atomic E-state index is 11.1. The number of halogens is 1. The number of nitro groups is 1. The Morgan fingerprint density at radius 3 is 2.48 bits per heavy atom. The lowest BCUT2D eigenvalue weighted by molar-refractivity contribution is -0.385. The third-order valence-corrected chi connectivity index (χ3v) is 3.31. The fourth-order valence-electron chi connectivity index (χ4n) is 1.86. The summed E-state index contributed by atoms with van der Waals surface area (Å²) in [4.78, 5) is 10.6. The molecule has 0 spiro atoms. The largest absolute Gasteiger partial charge is 0.449 e. The van der Waals surface area contributed by atoms with Gasteiger partial charge in [-0.2, -0.15) is 0 Å². The lowest BCUT2D eigenvalue weighted by Crippen LogP contribution is -2.04. The van der Waals surface area contributed by atoms with Gasteiger partial charge in [0.05, 0.1) is 9.95 Å². The van der Waals surface area contributed by atoms with Crippen LogP contribution < -0.4 is 10.5 Å². The van der Waals surface area contributed by atoms with Gasteiger partial charge in [-0.1, -0.05) is 23.7 Å². The van der Waals surface area contributed by atoms with Crippen LogP contribution >= 0.6 is 11.6 Å². The zero-order valence-corrected chi connectivity index (χ0v) is 12.4. The van der Waals surface area contributed by atoms with Crippen molar-refractivity contribution >= 4 is 17.3 Å². The van der Waals surface area contributed by atoms with Gasteiger partial charge in [-0.15, -0.1) is 0 Å². The molecule has 0 saturated heterocycles. The summed E-state index contributed by atoms with van der Waals surface area (Å²) in [7, 11) is 0. The molecule has 0 aromatic heterocycles. The topological polar surface area (TPSA) is 78.4 Å². The summed E-state index contributed by atoms with van der Waals surface area (Å²) in [5.74, 6) is 0.508. The van der Waals surface area contributed by atoms with E-state index < -0.39 is 4.92 Å². The SMILES string of the molecule is Cc1ccc(Oc2ccc([C@@H](C)N)cc2Cl)c([N+](=O)[O-])c1. The minimum absolute atomic E-state index is 0.0951. The Hall–Kier alpha value is -2.11. The molecule has 5 nitrogen and oxygen atoms in total. The summed E-state index contributed by atoms with van der Waals surface area (Å²) in [5.41, 5.74) is 7.33. The molecule has 0 aliphatic heterocycles. The number of rotatable bonds is 4. The molecule has 0 saturated carbocycles. The van der Waals surface area contributed by atoms with Crippen LogP contribution in [0.4, 0.5) is 5.69 Å². The molecule has 0 fully saturated rings. The predicted octanol–water partition coefficient (Wildman–Crippen LogP) is 4.37. The number of nitrogens with two attached hydrogens (primary N) is 1. The lowest BCUT2D eigenvalue weighted by atomic mass is 10.1. The van der Waals surface area contributed by atoms with Gasteiger partial charge in [-0.3, -0.25) is 10.1 Å². The van der Waals surface area contributed by atoms with E-state index in [1.165, 1.54) is 6.07 Å². The highest BCUT2D eigenvalue weighted by atomic mass is 35.5. The molecule has 2 N–H and O–H groups in total. The number of hydrogen-bond donors (Lipinski definition) is 1. The molecule has 0 aliphatic carbocycles. The average molecular weight is 307 g/mol. The van der Waals surface area contributed by atoms with Gasteiger partial charge in [0, 0.05) is 12.1 Å². The molecule has 21 heavy (non-hydrogen) atoms. The Kier molecular flexibility index (Phi) is 4.45. The number of hydrogen-bond acceptors (Lipinski definition) is 4. The molecule has 0 aliphatic rings. The number of ether oxygens (including phenoxy) is 1. The van der Waals surface area contributed by atoms with E-state index in [1.54, 1.807) is 37.3 Å². The van der Waals surface area contributed by atoms with Gasteiger partial charge in [0.25, 0.3) is 0 Å². The molecule has 0 radical (unpaired) electrons. The zero-order valence-electron chi connectivity index (χ0n) is 11.7. The number of aryl methyl sites for hydroxylation is 1. The van der Waals surface area contributed by atoms with Crippen LogP contribution in [0.3, 0.4) is 0 Å². The van der Waals surface area contributed by atoms with Crippen LogP contribution in [0.1, 0.15) is 24.1 Å². The van der Waals surface area contributed by atoms with E-state index in [2.05, 4.69) is 0 Å². The van der Waals surface area contributed by atoms with Gasteiger partial charge in [-0.25, -0.2) is 0 Å². The van der Waals surface area contributed by atoms with E-state index in [0.717, 1.165) is 11.1 Å². The molecule has 110 valence electrons. The second-order valence-electron chi connectivity index (χ2n) is 4.81. The van der Waals surface area contributed by atoms with Crippen LogP contribution in [0.2, 0.25) is 5.02 Å². The highest BCUT2D eigenvalue weighted by Gasteiger charge is 2.17. The van der Waals surface area contributed by atoms with Gasteiger partial charge in [-0.05, 0) is 43.2 Å². The summed E-state index contributed by atoms with van der Waals surface area (Å²) >= 11 is 6.14. The zero-order chi connectivity index (χ0) is 15.6. The highest BCUT2D eigenvalue weighted by molar-refractivity contribution is 6.32. The molecular weight excluding hydrogens is 292 g/mol. The first kappa shape index (κ1) is 15.3. The predicted molar refractivity (Wildman–Crippen MR) is 82.0 cm³/mol. The normalized spacial score (nSPS) is 12.0.